The summed E-state index contributed by atoms with van der Waals surface area (Å²) in [5.41, 5.74) is 0.984. The molecule has 0 spiro atoms. The zero-order chi connectivity index (χ0) is 18.8. The number of unbranched alkanes of at least 4 members (excludes halogenated alkanes) is 2. The summed E-state index contributed by atoms with van der Waals surface area (Å²) in [4.78, 5) is 10.2. The molecule has 26 heavy (non-hydrogen) atoms. The minimum atomic E-state index is -0.586. The lowest BCUT2D eigenvalue weighted by atomic mass is 10.1. The lowest BCUT2D eigenvalue weighted by Crippen LogP contribution is -2.12. The van der Waals surface area contributed by atoms with Crippen molar-refractivity contribution in [3.8, 4) is 5.75 Å². The Morgan fingerprint density at radius 1 is 1.12 bits per heavy atom. The van der Waals surface area contributed by atoms with E-state index in [2.05, 4.69) is 0 Å². The van der Waals surface area contributed by atoms with Crippen molar-refractivity contribution in [2.45, 2.75) is 45.3 Å². The molecule has 1 atom stereocenters. The van der Waals surface area contributed by atoms with E-state index in [4.69, 9.17) is 9.47 Å². The Morgan fingerprint density at radius 2 is 1.88 bits per heavy atom. The van der Waals surface area contributed by atoms with E-state index in [1.807, 2.05) is 37.3 Å². The van der Waals surface area contributed by atoms with Gasteiger partial charge in [0.1, 0.15) is 0 Å². The summed E-state index contributed by atoms with van der Waals surface area (Å²) in [6.07, 6.45) is 3.40. The highest BCUT2D eigenvalue weighted by Crippen LogP contribution is 2.25. The lowest BCUT2D eigenvalue weighted by Gasteiger charge is -2.15. The average Bonchev–Trinajstić information content (AvgIpc) is 2.63. The highest BCUT2D eigenvalue weighted by atomic mass is 19.1. The van der Waals surface area contributed by atoms with Crippen molar-refractivity contribution in [2.75, 3.05) is 6.61 Å². The van der Waals surface area contributed by atoms with Gasteiger partial charge in [0.15, 0.2) is 11.6 Å². The first-order valence-corrected chi connectivity index (χ1v) is 8.78. The van der Waals surface area contributed by atoms with Gasteiger partial charge in [-0.25, -0.2) is 4.39 Å². The van der Waals surface area contributed by atoms with Crippen LogP contribution >= 0.6 is 0 Å². The molecule has 0 N–H and O–H groups in total. The van der Waals surface area contributed by atoms with Crippen molar-refractivity contribution >= 4 is 5.69 Å². The van der Waals surface area contributed by atoms with E-state index in [1.54, 1.807) is 0 Å². The first kappa shape index (κ1) is 19.8. The summed E-state index contributed by atoms with van der Waals surface area (Å²) in [5, 5.41) is 10.8. The van der Waals surface area contributed by atoms with Crippen molar-refractivity contribution in [3.63, 3.8) is 0 Å². The number of halogens is 1. The van der Waals surface area contributed by atoms with E-state index in [1.165, 1.54) is 0 Å². The molecule has 6 heteroatoms. The SMILES string of the molecule is CC(CCCCCOCc1ccccc1)Oc1cc([N+](=O)[O-])ccc1F. The van der Waals surface area contributed by atoms with Crippen LogP contribution in [0.5, 0.6) is 5.75 Å². The molecular weight excluding hydrogens is 337 g/mol. The molecule has 0 aliphatic carbocycles. The third-order valence-corrected chi connectivity index (χ3v) is 3.96. The van der Waals surface area contributed by atoms with Gasteiger partial charge in [0.05, 0.1) is 23.7 Å². The molecule has 0 amide bonds. The van der Waals surface area contributed by atoms with Gasteiger partial charge in [-0.05, 0) is 37.8 Å². The van der Waals surface area contributed by atoms with E-state index >= 15 is 0 Å². The molecule has 0 aliphatic rings. The zero-order valence-corrected chi connectivity index (χ0v) is 14.9. The van der Waals surface area contributed by atoms with Gasteiger partial charge in [-0.2, -0.15) is 0 Å². The van der Waals surface area contributed by atoms with Crippen LogP contribution in [0.15, 0.2) is 48.5 Å². The minimum Gasteiger partial charge on any atom is -0.487 e. The van der Waals surface area contributed by atoms with Crippen molar-refractivity contribution < 1.29 is 18.8 Å². The van der Waals surface area contributed by atoms with E-state index in [9.17, 15) is 14.5 Å². The van der Waals surface area contributed by atoms with Gasteiger partial charge >= 0.3 is 0 Å². The van der Waals surface area contributed by atoms with Gasteiger partial charge < -0.3 is 9.47 Å². The van der Waals surface area contributed by atoms with Crippen LogP contribution in [0, 0.1) is 15.9 Å². The first-order chi connectivity index (χ1) is 12.6. The number of hydrogen-bond acceptors (Lipinski definition) is 4. The number of ether oxygens (including phenoxy) is 2. The molecule has 2 aromatic rings. The average molecular weight is 361 g/mol. The predicted molar refractivity (Wildman–Crippen MR) is 97.7 cm³/mol. The first-order valence-electron chi connectivity index (χ1n) is 8.78. The fraction of sp³-hybridized carbons (Fsp3) is 0.400. The maximum Gasteiger partial charge on any atom is 0.273 e. The highest BCUT2D eigenvalue weighted by molar-refractivity contribution is 5.39. The smallest absolute Gasteiger partial charge is 0.273 e. The fourth-order valence-electron chi connectivity index (χ4n) is 2.55. The minimum absolute atomic E-state index is 0.0714. The van der Waals surface area contributed by atoms with Crippen molar-refractivity contribution in [1.29, 1.82) is 0 Å². The van der Waals surface area contributed by atoms with E-state index in [0.29, 0.717) is 13.2 Å². The Labute approximate surface area is 152 Å². The molecule has 0 saturated carbocycles. The fourth-order valence-corrected chi connectivity index (χ4v) is 2.55. The molecule has 0 bridgehead atoms. The van der Waals surface area contributed by atoms with Crippen molar-refractivity contribution in [2.24, 2.45) is 0 Å². The molecule has 0 fully saturated rings. The zero-order valence-electron chi connectivity index (χ0n) is 14.9. The molecule has 0 radical (unpaired) electrons. The largest absolute Gasteiger partial charge is 0.487 e. The van der Waals surface area contributed by atoms with Crippen molar-refractivity contribution in [1.82, 2.24) is 0 Å². The lowest BCUT2D eigenvalue weighted by molar-refractivity contribution is -0.385. The van der Waals surface area contributed by atoms with Gasteiger partial charge in [-0.15, -0.1) is 0 Å². The molecule has 0 heterocycles. The number of non-ortho nitro benzene ring substituents is 1. The standard InChI is InChI=1S/C20H24FNO4/c1-16(26-20-14-18(22(23)24)11-12-19(20)21)8-4-3-7-13-25-15-17-9-5-2-6-10-17/h2,5-6,9-12,14,16H,3-4,7-8,13,15H2,1H3. The van der Waals surface area contributed by atoms with Crippen LogP contribution in [0.25, 0.3) is 0 Å². The molecule has 0 aliphatic heterocycles. The molecule has 0 aromatic heterocycles. The quantitative estimate of drug-likeness (QED) is 0.310. The van der Waals surface area contributed by atoms with E-state index < -0.39 is 10.7 Å². The molecule has 5 nitrogen and oxygen atoms in total. The van der Waals surface area contributed by atoms with Crippen LogP contribution in [0.2, 0.25) is 0 Å². The summed E-state index contributed by atoms with van der Waals surface area (Å²) in [6, 6.07) is 13.3. The Bertz CT molecular complexity index is 693. The summed E-state index contributed by atoms with van der Waals surface area (Å²) in [6.45, 7) is 3.15. The Morgan fingerprint density at radius 3 is 2.62 bits per heavy atom. The Hall–Kier alpha value is -2.47. The van der Waals surface area contributed by atoms with Gasteiger partial charge in [-0.1, -0.05) is 36.8 Å². The van der Waals surface area contributed by atoms with Crippen LogP contribution in [-0.4, -0.2) is 17.6 Å². The topological polar surface area (TPSA) is 61.6 Å². The number of nitro groups is 1. The number of benzene rings is 2. The number of nitrogens with zero attached hydrogens (tertiary/aromatic N) is 1. The van der Waals surface area contributed by atoms with E-state index in [0.717, 1.165) is 49.4 Å². The molecule has 2 aromatic carbocycles. The van der Waals surface area contributed by atoms with Crippen LogP contribution in [-0.2, 0) is 11.3 Å². The summed E-state index contributed by atoms with van der Waals surface area (Å²) in [5.74, 6) is -0.658. The second-order valence-electron chi connectivity index (χ2n) is 6.19. The number of rotatable bonds is 11. The number of hydrogen-bond donors (Lipinski definition) is 0. The Balaban J connectivity index is 1.61. The van der Waals surface area contributed by atoms with E-state index in [-0.39, 0.29) is 17.5 Å². The van der Waals surface area contributed by atoms with Crippen LogP contribution in [0.3, 0.4) is 0 Å². The van der Waals surface area contributed by atoms with Gasteiger partial charge in [0.2, 0.25) is 0 Å². The molecule has 2 rings (SSSR count). The molecule has 140 valence electrons. The third kappa shape index (κ3) is 6.80. The Kier molecular flexibility index (Phi) is 8.02. The normalized spacial score (nSPS) is 11.9. The molecule has 0 saturated heterocycles. The summed E-state index contributed by atoms with van der Waals surface area (Å²) < 4.78 is 24.8. The molecule has 1 unspecified atom stereocenters. The van der Waals surface area contributed by atoms with Gasteiger partial charge in [0, 0.05) is 12.7 Å². The molecular formula is C20H24FNO4. The maximum absolute atomic E-state index is 13.7. The van der Waals surface area contributed by atoms with Crippen LogP contribution in [0.4, 0.5) is 10.1 Å². The van der Waals surface area contributed by atoms with Crippen LogP contribution in [0.1, 0.15) is 38.2 Å². The second-order valence-corrected chi connectivity index (χ2v) is 6.19. The second kappa shape index (κ2) is 10.5. The summed E-state index contributed by atoms with van der Waals surface area (Å²) in [7, 11) is 0. The van der Waals surface area contributed by atoms with Gasteiger partial charge in [-0.3, -0.25) is 10.1 Å². The predicted octanol–water partition coefficient (Wildman–Crippen LogP) is 5.28. The van der Waals surface area contributed by atoms with Crippen LogP contribution < -0.4 is 4.74 Å². The highest BCUT2D eigenvalue weighted by Gasteiger charge is 2.14. The third-order valence-electron chi connectivity index (χ3n) is 3.96. The monoisotopic (exact) mass is 361 g/mol. The number of nitro benzene ring substituents is 1. The maximum atomic E-state index is 13.7. The van der Waals surface area contributed by atoms with Crippen molar-refractivity contribution in [3.05, 3.63) is 70.0 Å². The summed E-state index contributed by atoms with van der Waals surface area (Å²) >= 11 is 0. The van der Waals surface area contributed by atoms with Gasteiger partial charge in [0.25, 0.3) is 5.69 Å².